The molecule has 0 spiro atoms. The van der Waals surface area contributed by atoms with Gasteiger partial charge >= 0.3 is 0 Å². The van der Waals surface area contributed by atoms with E-state index in [2.05, 4.69) is 45.4 Å². The lowest BCUT2D eigenvalue weighted by atomic mass is 10.1. The van der Waals surface area contributed by atoms with E-state index in [-0.39, 0.29) is 12.1 Å². The summed E-state index contributed by atoms with van der Waals surface area (Å²) in [5.74, 6) is 0.352. The molecule has 0 aromatic carbocycles. The van der Waals surface area contributed by atoms with E-state index in [1.54, 1.807) is 6.20 Å². The summed E-state index contributed by atoms with van der Waals surface area (Å²) in [5.41, 5.74) is 1.25. The average molecular weight is 372 g/mol. The van der Waals surface area contributed by atoms with Crippen LogP contribution in [0.5, 0.6) is 0 Å². The van der Waals surface area contributed by atoms with Gasteiger partial charge in [0, 0.05) is 28.7 Å². The number of amides is 1. The summed E-state index contributed by atoms with van der Waals surface area (Å²) in [6.07, 6.45) is 5.48. The molecule has 2 N–H and O–H groups in total. The van der Waals surface area contributed by atoms with E-state index in [1.165, 1.54) is 23.8 Å². The maximum Gasteiger partial charge on any atom is 0.223 e. The molecule has 0 bridgehead atoms. The molecule has 0 aliphatic carbocycles. The van der Waals surface area contributed by atoms with E-state index in [1.807, 2.05) is 12.3 Å². The molecular weight excluding hydrogens is 354 g/mol. The molecule has 21 heavy (non-hydrogen) atoms. The van der Waals surface area contributed by atoms with Crippen LogP contribution in [-0.2, 0) is 9.53 Å². The van der Waals surface area contributed by atoms with Crippen LogP contribution in [-0.4, -0.2) is 23.7 Å². The highest BCUT2D eigenvalue weighted by Gasteiger charge is 2.18. The van der Waals surface area contributed by atoms with E-state index in [0.29, 0.717) is 17.7 Å². The molecule has 1 amide bonds. The molecule has 1 aliphatic heterocycles. The van der Waals surface area contributed by atoms with Gasteiger partial charge in [-0.3, -0.25) is 4.79 Å². The molecule has 0 radical (unpaired) electrons. The molecule has 114 valence electrons. The first kappa shape index (κ1) is 16.2. The van der Waals surface area contributed by atoms with Crippen molar-refractivity contribution in [3.8, 4) is 0 Å². The molecule has 2 heterocycles. The fourth-order valence-corrected chi connectivity index (χ4v) is 3.20. The Labute approximate surface area is 136 Å². The predicted octanol–water partition coefficient (Wildman–Crippen LogP) is 3.32. The van der Waals surface area contributed by atoms with Gasteiger partial charge in [0.1, 0.15) is 0 Å². The normalized spacial score (nSPS) is 19.2. The molecule has 0 fully saturated rings. The number of thiazole rings is 1. The van der Waals surface area contributed by atoms with Crippen molar-refractivity contribution in [1.29, 1.82) is 0 Å². The van der Waals surface area contributed by atoms with Gasteiger partial charge in [0.05, 0.1) is 6.61 Å². The number of carbonyl (C=O) groups is 1. The minimum atomic E-state index is -0.196. The van der Waals surface area contributed by atoms with Crippen molar-refractivity contribution in [3.63, 3.8) is 0 Å². The molecule has 0 saturated heterocycles. The van der Waals surface area contributed by atoms with Crippen LogP contribution < -0.4 is 10.6 Å². The van der Waals surface area contributed by atoms with Gasteiger partial charge in [-0.25, -0.2) is 4.98 Å². The molecule has 1 atom stereocenters. The van der Waals surface area contributed by atoms with Gasteiger partial charge in [0.15, 0.2) is 11.4 Å². The van der Waals surface area contributed by atoms with Gasteiger partial charge in [0.2, 0.25) is 5.91 Å². The fourth-order valence-electron chi connectivity index (χ4n) is 1.72. The van der Waals surface area contributed by atoms with Crippen LogP contribution in [0.4, 0.5) is 5.13 Å². The molecule has 0 saturated carbocycles. The highest BCUT2D eigenvalue weighted by molar-refractivity contribution is 9.11. The first-order valence-electron chi connectivity index (χ1n) is 6.63. The molecule has 5 nitrogen and oxygen atoms in total. The highest BCUT2D eigenvalue weighted by Crippen LogP contribution is 2.26. The third-order valence-electron chi connectivity index (χ3n) is 2.92. The minimum Gasteiger partial charge on any atom is -0.362 e. The van der Waals surface area contributed by atoms with Crippen molar-refractivity contribution in [3.05, 3.63) is 27.3 Å². The Morgan fingerprint density at radius 3 is 3.00 bits per heavy atom. The number of hydrogen-bond acceptors (Lipinski definition) is 5. The summed E-state index contributed by atoms with van der Waals surface area (Å²) in [6, 6.07) is 0. The number of halogens is 1. The van der Waals surface area contributed by atoms with Gasteiger partial charge in [-0.15, -0.1) is 0 Å². The van der Waals surface area contributed by atoms with Crippen molar-refractivity contribution >= 4 is 44.4 Å². The average Bonchev–Trinajstić information content (AvgIpc) is 2.85. The molecule has 7 heteroatoms. The molecular formula is C14H18BrN3O2S. The number of ether oxygens (including phenoxy) is 1. The number of nitrogens with one attached hydrogen (secondary N) is 2. The van der Waals surface area contributed by atoms with Crippen molar-refractivity contribution in [2.75, 3.05) is 11.9 Å². The lowest BCUT2D eigenvalue weighted by molar-refractivity contribution is -0.114. The Hall–Kier alpha value is -1.18. The first-order valence-corrected chi connectivity index (χ1v) is 8.23. The van der Waals surface area contributed by atoms with Crippen molar-refractivity contribution in [2.24, 2.45) is 5.92 Å². The van der Waals surface area contributed by atoms with Gasteiger partial charge < -0.3 is 15.4 Å². The number of anilines is 1. The van der Waals surface area contributed by atoms with Crippen LogP contribution in [0.3, 0.4) is 0 Å². The molecule has 1 unspecified atom stereocenters. The Morgan fingerprint density at radius 2 is 2.43 bits per heavy atom. The number of hydrogen-bond donors (Lipinski definition) is 2. The zero-order valence-electron chi connectivity index (χ0n) is 12.1. The molecule has 1 aromatic rings. The summed E-state index contributed by atoms with van der Waals surface area (Å²) in [6.45, 7) is 6.37. The number of rotatable bonds is 4. The number of nitrogens with zero attached hydrogens (tertiary/aromatic N) is 1. The van der Waals surface area contributed by atoms with E-state index in [9.17, 15) is 4.79 Å². The standard InChI is InChI=1S/C14H18BrN3O2S/c1-8(2)10-5-16-13(20-7-10)12(15)4-11-6-17-14(21-11)18-9(3)19/h4-6,8,13,16H,7H2,1-3H3,(H,17,18,19)/b12-4-. The summed E-state index contributed by atoms with van der Waals surface area (Å²) >= 11 is 4.94. The summed E-state index contributed by atoms with van der Waals surface area (Å²) < 4.78 is 6.67. The fraction of sp³-hybridized carbons (Fsp3) is 0.429. The smallest absolute Gasteiger partial charge is 0.223 e. The molecule has 1 aliphatic rings. The largest absolute Gasteiger partial charge is 0.362 e. The number of aromatic nitrogens is 1. The lowest BCUT2D eigenvalue weighted by Gasteiger charge is -2.26. The second-order valence-electron chi connectivity index (χ2n) is 5.01. The molecule has 1 aromatic heterocycles. The van der Waals surface area contributed by atoms with Gasteiger partial charge in [-0.05, 0) is 17.6 Å². The van der Waals surface area contributed by atoms with Crippen LogP contribution in [0.2, 0.25) is 0 Å². The predicted molar refractivity (Wildman–Crippen MR) is 89.1 cm³/mol. The summed E-state index contributed by atoms with van der Waals surface area (Å²) in [5, 5.41) is 6.48. The zero-order chi connectivity index (χ0) is 15.4. The summed E-state index contributed by atoms with van der Waals surface area (Å²) in [7, 11) is 0. The quantitative estimate of drug-likeness (QED) is 0.851. The topological polar surface area (TPSA) is 63.2 Å². The van der Waals surface area contributed by atoms with E-state index in [4.69, 9.17) is 4.74 Å². The third-order valence-corrected chi connectivity index (χ3v) is 4.42. The van der Waals surface area contributed by atoms with Crippen LogP contribution in [0.1, 0.15) is 25.6 Å². The number of carbonyl (C=O) groups excluding carboxylic acids is 1. The van der Waals surface area contributed by atoms with E-state index in [0.717, 1.165) is 9.36 Å². The van der Waals surface area contributed by atoms with Gasteiger partial charge in [-0.1, -0.05) is 41.1 Å². The molecule has 2 rings (SSSR count). The van der Waals surface area contributed by atoms with Crippen LogP contribution in [0.15, 0.2) is 22.5 Å². The highest BCUT2D eigenvalue weighted by atomic mass is 79.9. The zero-order valence-corrected chi connectivity index (χ0v) is 14.5. The monoisotopic (exact) mass is 371 g/mol. The van der Waals surface area contributed by atoms with E-state index < -0.39 is 0 Å². The van der Waals surface area contributed by atoms with Crippen molar-refractivity contribution in [2.45, 2.75) is 27.0 Å². The Kier molecular flexibility index (Phi) is 5.55. The minimum absolute atomic E-state index is 0.123. The van der Waals surface area contributed by atoms with Crippen LogP contribution >= 0.6 is 27.3 Å². The Balaban J connectivity index is 2.01. The Morgan fingerprint density at radius 1 is 1.67 bits per heavy atom. The van der Waals surface area contributed by atoms with Crippen molar-refractivity contribution in [1.82, 2.24) is 10.3 Å². The van der Waals surface area contributed by atoms with Gasteiger partial charge in [-0.2, -0.15) is 0 Å². The lowest BCUT2D eigenvalue weighted by Crippen LogP contribution is -2.34. The maximum absolute atomic E-state index is 11.0. The van der Waals surface area contributed by atoms with Gasteiger partial charge in [0.25, 0.3) is 0 Å². The van der Waals surface area contributed by atoms with Crippen LogP contribution in [0.25, 0.3) is 6.08 Å². The van der Waals surface area contributed by atoms with E-state index >= 15 is 0 Å². The second-order valence-corrected chi connectivity index (χ2v) is 6.99. The second kappa shape index (κ2) is 7.20. The summed E-state index contributed by atoms with van der Waals surface area (Å²) in [4.78, 5) is 16.0. The Bertz CT molecular complexity index is 581. The SMILES string of the molecule is CC(=O)Nc1ncc(/C=C(\Br)C2NC=C(C(C)C)CO2)s1. The first-order chi connectivity index (χ1) is 9.95. The third kappa shape index (κ3) is 4.66. The maximum atomic E-state index is 11.0. The van der Waals surface area contributed by atoms with Crippen LogP contribution in [0, 0.1) is 5.92 Å². The van der Waals surface area contributed by atoms with Crippen molar-refractivity contribution < 1.29 is 9.53 Å².